The lowest BCUT2D eigenvalue weighted by Crippen LogP contribution is -2.05. The summed E-state index contributed by atoms with van der Waals surface area (Å²) >= 11 is 0. The summed E-state index contributed by atoms with van der Waals surface area (Å²) in [6, 6.07) is 52.5. The summed E-state index contributed by atoms with van der Waals surface area (Å²) < 4.78 is 6.63. The molecule has 1 atom stereocenters. The van der Waals surface area contributed by atoms with Crippen molar-refractivity contribution in [2.75, 3.05) is 0 Å². The van der Waals surface area contributed by atoms with Crippen molar-refractivity contribution in [2.45, 2.75) is 12.3 Å². The number of rotatable bonds is 5. The van der Waals surface area contributed by atoms with E-state index in [1.807, 2.05) is 24.3 Å². The molecular weight excluding hydrogens is 623 g/mol. The van der Waals surface area contributed by atoms with Crippen LogP contribution >= 0.6 is 0 Å². The van der Waals surface area contributed by atoms with Crippen molar-refractivity contribution in [1.82, 2.24) is 15.0 Å². The van der Waals surface area contributed by atoms with E-state index in [-0.39, 0.29) is 5.92 Å². The van der Waals surface area contributed by atoms with Crippen LogP contribution in [0.5, 0.6) is 0 Å². The highest BCUT2D eigenvalue weighted by Gasteiger charge is 2.23. The zero-order chi connectivity index (χ0) is 33.7. The van der Waals surface area contributed by atoms with Crippen LogP contribution in [-0.2, 0) is 0 Å². The first kappa shape index (κ1) is 29.3. The van der Waals surface area contributed by atoms with Crippen LogP contribution in [0.25, 0.3) is 83.0 Å². The first-order valence-corrected chi connectivity index (χ1v) is 17.4. The maximum atomic E-state index is 6.63. The third-order valence-corrected chi connectivity index (χ3v) is 10.0. The zero-order valence-electron chi connectivity index (χ0n) is 27.7. The van der Waals surface area contributed by atoms with E-state index in [9.17, 15) is 0 Å². The number of hydrogen-bond donors (Lipinski definition) is 0. The van der Waals surface area contributed by atoms with E-state index in [0.29, 0.717) is 0 Å². The van der Waals surface area contributed by atoms with Crippen molar-refractivity contribution < 1.29 is 4.42 Å². The second kappa shape index (κ2) is 12.0. The van der Waals surface area contributed by atoms with Gasteiger partial charge in [-0.2, -0.15) is 0 Å². The maximum absolute atomic E-state index is 6.63. The van der Waals surface area contributed by atoms with Crippen LogP contribution in [0.15, 0.2) is 174 Å². The molecule has 51 heavy (non-hydrogen) atoms. The fraction of sp³-hybridized carbons (Fsp3) is 0.0426. The largest absolute Gasteiger partial charge is 0.455 e. The van der Waals surface area contributed by atoms with E-state index in [0.717, 1.165) is 84.3 Å². The van der Waals surface area contributed by atoms with E-state index in [2.05, 4.69) is 146 Å². The minimum atomic E-state index is 0.0857. The molecule has 6 aromatic carbocycles. The highest BCUT2D eigenvalue weighted by Crippen LogP contribution is 2.42. The molecule has 3 heterocycles. The average molecular weight is 654 g/mol. The van der Waals surface area contributed by atoms with Gasteiger partial charge in [-0.25, -0.2) is 15.0 Å². The summed E-state index contributed by atoms with van der Waals surface area (Å²) in [6.45, 7) is 0. The Morgan fingerprint density at radius 3 is 2.02 bits per heavy atom. The van der Waals surface area contributed by atoms with E-state index in [1.54, 1.807) is 0 Å². The molecule has 0 spiro atoms. The van der Waals surface area contributed by atoms with Crippen LogP contribution in [-0.4, -0.2) is 15.0 Å². The van der Waals surface area contributed by atoms with E-state index < -0.39 is 0 Å². The van der Waals surface area contributed by atoms with Crippen LogP contribution < -0.4 is 0 Å². The van der Waals surface area contributed by atoms with Gasteiger partial charge < -0.3 is 4.42 Å². The lowest BCUT2D eigenvalue weighted by molar-refractivity contribution is 0.672. The van der Waals surface area contributed by atoms with Gasteiger partial charge in [-0.05, 0) is 52.1 Å². The van der Waals surface area contributed by atoms with Crippen LogP contribution in [0, 0.1) is 0 Å². The quantitative estimate of drug-likeness (QED) is 0.173. The van der Waals surface area contributed by atoms with Crippen molar-refractivity contribution in [2.24, 2.45) is 0 Å². The SMILES string of the molecule is C1=CC(c2cc(-c3ccccc3)nc(-c3ccc(-c4ccccc4)cc3)n2)CC=C1c1nc2ccc3ccccc3c2c2oc3ccccc3c12. The van der Waals surface area contributed by atoms with Crippen molar-refractivity contribution in [1.29, 1.82) is 0 Å². The minimum absolute atomic E-state index is 0.0857. The van der Waals surface area contributed by atoms with Crippen molar-refractivity contribution in [3.63, 3.8) is 0 Å². The molecule has 0 saturated heterocycles. The summed E-state index contributed by atoms with van der Waals surface area (Å²) in [4.78, 5) is 15.6. The first-order valence-electron chi connectivity index (χ1n) is 17.4. The van der Waals surface area contributed by atoms with Gasteiger partial charge in [0.1, 0.15) is 11.2 Å². The molecule has 0 radical (unpaired) electrons. The fourth-order valence-corrected chi connectivity index (χ4v) is 7.43. The lowest BCUT2D eigenvalue weighted by atomic mass is 9.90. The predicted octanol–water partition coefficient (Wildman–Crippen LogP) is 12.2. The van der Waals surface area contributed by atoms with Gasteiger partial charge in [-0.1, -0.05) is 152 Å². The van der Waals surface area contributed by atoms with Gasteiger partial charge in [0.25, 0.3) is 0 Å². The van der Waals surface area contributed by atoms with Gasteiger partial charge in [0.15, 0.2) is 5.82 Å². The average Bonchev–Trinajstić information content (AvgIpc) is 3.61. The molecule has 0 N–H and O–H groups in total. The number of para-hydroxylation sites is 1. The van der Waals surface area contributed by atoms with Gasteiger partial charge in [0, 0.05) is 22.4 Å². The molecular formula is C47H31N3O. The third kappa shape index (κ3) is 5.12. The Morgan fingerprint density at radius 1 is 0.549 bits per heavy atom. The van der Waals surface area contributed by atoms with Crippen molar-refractivity contribution in [3.8, 4) is 33.8 Å². The van der Waals surface area contributed by atoms with Gasteiger partial charge >= 0.3 is 0 Å². The first-order chi connectivity index (χ1) is 25.3. The van der Waals surface area contributed by atoms with Crippen molar-refractivity contribution >= 4 is 49.2 Å². The molecule has 240 valence electrons. The summed E-state index contributed by atoms with van der Waals surface area (Å²) in [7, 11) is 0. The minimum Gasteiger partial charge on any atom is -0.455 e. The predicted molar refractivity (Wildman–Crippen MR) is 209 cm³/mol. The number of hydrogen-bond acceptors (Lipinski definition) is 4. The highest BCUT2D eigenvalue weighted by atomic mass is 16.3. The molecule has 0 saturated carbocycles. The highest BCUT2D eigenvalue weighted by molar-refractivity contribution is 6.24. The van der Waals surface area contributed by atoms with E-state index in [1.165, 1.54) is 16.5 Å². The number of nitrogens with zero attached hydrogens (tertiary/aromatic N) is 3. The Hall–Kier alpha value is -6.65. The molecule has 1 aliphatic carbocycles. The topological polar surface area (TPSA) is 51.8 Å². The molecule has 4 nitrogen and oxygen atoms in total. The number of benzene rings is 6. The number of pyridine rings is 1. The van der Waals surface area contributed by atoms with Gasteiger partial charge in [-0.3, -0.25) is 0 Å². The normalized spacial score (nSPS) is 14.4. The van der Waals surface area contributed by atoms with Gasteiger partial charge in [-0.15, -0.1) is 0 Å². The second-order valence-corrected chi connectivity index (χ2v) is 13.1. The summed E-state index contributed by atoms with van der Waals surface area (Å²) in [5, 5.41) is 5.51. The summed E-state index contributed by atoms with van der Waals surface area (Å²) in [5.74, 6) is 0.812. The lowest BCUT2D eigenvalue weighted by Gasteiger charge is -2.18. The molecule has 1 aliphatic rings. The molecule has 4 heteroatoms. The number of aromatic nitrogens is 3. The number of furan rings is 1. The fourth-order valence-electron chi connectivity index (χ4n) is 7.43. The molecule has 0 amide bonds. The second-order valence-electron chi connectivity index (χ2n) is 13.1. The molecule has 0 fully saturated rings. The van der Waals surface area contributed by atoms with Crippen LogP contribution in [0.1, 0.15) is 23.7 Å². The van der Waals surface area contributed by atoms with Gasteiger partial charge in [0.2, 0.25) is 0 Å². The molecule has 1 unspecified atom stereocenters. The van der Waals surface area contributed by atoms with Crippen LogP contribution in [0.4, 0.5) is 0 Å². The standard InChI is InChI=1S/C47H31N3O/c1-3-11-30(12-4-1)31-19-25-36(26-20-31)47-49-40(33-14-5-2-6-15-33)29-41(50-47)34-21-23-35(24-22-34)45-44-38-17-9-10-18-42(38)51-46(44)43-37-16-8-7-13-32(37)27-28-39(43)48-45/h1-21,23-29,34H,22H2. The molecule has 0 aliphatic heterocycles. The molecule has 0 bridgehead atoms. The third-order valence-electron chi connectivity index (χ3n) is 10.0. The molecule has 3 aromatic heterocycles. The summed E-state index contributed by atoms with van der Waals surface area (Å²) in [5.41, 5.74) is 11.0. The maximum Gasteiger partial charge on any atom is 0.160 e. The van der Waals surface area contributed by atoms with Crippen molar-refractivity contribution in [3.05, 3.63) is 181 Å². The van der Waals surface area contributed by atoms with E-state index >= 15 is 0 Å². The Kier molecular flexibility index (Phi) is 6.91. The Balaban J connectivity index is 1.06. The van der Waals surface area contributed by atoms with E-state index in [4.69, 9.17) is 19.4 Å². The molecule has 9 aromatic rings. The smallest absolute Gasteiger partial charge is 0.160 e. The van der Waals surface area contributed by atoms with Gasteiger partial charge in [0.05, 0.1) is 33.4 Å². The Morgan fingerprint density at radius 2 is 1.24 bits per heavy atom. The van der Waals surface area contributed by atoms with Crippen LogP contribution in [0.2, 0.25) is 0 Å². The Bertz CT molecular complexity index is 2820. The monoisotopic (exact) mass is 653 g/mol. The zero-order valence-corrected chi connectivity index (χ0v) is 27.7. The number of fused-ring (bicyclic) bond motifs is 7. The van der Waals surface area contributed by atoms with Crippen LogP contribution in [0.3, 0.4) is 0 Å². The summed E-state index contributed by atoms with van der Waals surface area (Å²) in [6.07, 6.45) is 7.58. The number of allylic oxidation sites excluding steroid dienone is 4. The molecule has 10 rings (SSSR count). The Labute approximate surface area is 295 Å².